The van der Waals surface area contributed by atoms with Gasteiger partial charge in [0.15, 0.2) is 5.96 Å². The SMILES string of the molecule is CN=C(NCCNC(C)(C)C)NCCc1c[nH]c2c(C)cccc12. The molecule has 4 N–H and O–H groups in total. The van der Waals surface area contributed by atoms with E-state index in [2.05, 4.69) is 78.0 Å². The number of rotatable bonds is 6. The summed E-state index contributed by atoms with van der Waals surface area (Å²) in [6.07, 6.45) is 3.08. The van der Waals surface area contributed by atoms with E-state index < -0.39 is 0 Å². The maximum atomic E-state index is 4.28. The number of fused-ring (bicyclic) bond motifs is 1. The highest BCUT2D eigenvalue weighted by Crippen LogP contribution is 2.21. The van der Waals surface area contributed by atoms with Crippen LogP contribution in [0, 0.1) is 6.92 Å². The van der Waals surface area contributed by atoms with Crippen LogP contribution in [0.1, 0.15) is 31.9 Å². The third-order valence-corrected chi connectivity index (χ3v) is 3.99. The first-order valence-electron chi connectivity index (χ1n) is 8.66. The summed E-state index contributed by atoms with van der Waals surface area (Å²) in [6.45, 7) is 11.3. The third-order valence-electron chi connectivity index (χ3n) is 3.99. The lowest BCUT2D eigenvalue weighted by atomic mass is 10.1. The van der Waals surface area contributed by atoms with Crippen LogP contribution >= 0.6 is 0 Å². The molecule has 0 amide bonds. The van der Waals surface area contributed by atoms with E-state index in [4.69, 9.17) is 0 Å². The molecule has 5 nitrogen and oxygen atoms in total. The second kappa shape index (κ2) is 8.20. The minimum absolute atomic E-state index is 0.145. The van der Waals surface area contributed by atoms with Crippen molar-refractivity contribution in [2.24, 2.45) is 4.99 Å². The van der Waals surface area contributed by atoms with Gasteiger partial charge in [-0.2, -0.15) is 0 Å². The summed E-state index contributed by atoms with van der Waals surface area (Å²) >= 11 is 0. The van der Waals surface area contributed by atoms with Crippen molar-refractivity contribution in [1.82, 2.24) is 20.9 Å². The molecule has 0 bridgehead atoms. The first-order valence-corrected chi connectivity index (χ1v) is 8.66. The predicted octanol–water partition coefficient (Wildman–Crippen LogP) is 2.57. The molecular formula is C19H31N5. The van der Waals surface area contributed by atoms with Crippen molar-refractivity contribution in [2.45, 2.75) is 39.7 Å². The van der Waals surface area contributed by atoms with Crippen LogP contribution in [0.15, 0.2) is 29.4 Å². The molecule has 1 aromatic heterocycles. The summed E-state index contributed by atoms with van der Waals surface area (Å²) in [4.78, 5) is 7.66. The van der Waals surface area contributed by atoms with Crippen LogP contribution in [0.5, 0.6) is 0 Å². The van der Waals surface area contributed by atoms with Crippen molar-refractivity contribution in [3.05, 3.63) is 35.5 Å². The molecule has 0 fully saturated rings. The Morgan fingerprint density at radius 1 is 1.12 bits per heavy atom. The Balaban J connectivity index is 1.78. The Bertz CT molecular complexity index is 679. The molecule has 0 aliphatic rings. The number of aliphatic imine (C=N–C) groups is 1. The predicted molar refractivity (Wildman–Crippen MR) is 104 cm³/mol. The summed E-state index contributed by atoms with van der Waals surface area (Å²) in [6, 6.07) is 6.43. The molecule has 1 heterocycles. The normalized spacial score (nSPS) is 12.6. The number of nitrogens with one attached hydrogen (secondary N) is 4. The lowest BCUT2D eigenvalue weighted by Gasteiger charge is -2.21. The van der Waals surface area contributed by atoms with Gasteiger partial charge in [-0.15, -0.1) is 0 Å². The second-order valence-electron chi connectivity index (χ2n) is 7.16. The van der Waals surface area contributed by atoms with Gasteiger partial charge in [-0.25, -0.2) is 0 Å². The summed E-state index contributed by atoms with van der Waals surface area (Å²) < 4.78 is 0. The summed E-state index contributed by atoms with van der Waals surface area (Å²) in [5.41, 5.74) is 4.01. The Hall–Kier alpha value is -2.01. The van der Waals surface area contributed by atoms with Gasteiger partial charge in [0.2, 0.25) is 0 Å². The highest BCUT2D eigenvalue weighted by Gasteiger charge is 2.08. The highest BCUT2D eigenvalue weighted by molar-refractivity contribution is 5.86. The Morgan fingerprint density at radius 2 is 1.88 bits per heavy atom. The topological polar surface area (TPSA) is 64.2 Å². The van der Waals surface area contributed by atoms with E-state index in [1.165, 1.54) is 22.0 Å². The highest BCUT2D eigenvalue weighted by atomic mass is 15.2. The Labute approximate surface area is 145 Å². The number of benzene rings is 1. The van der Waals surface area contributed by atoms with Gasteiger partial charge in [-0.3, -0.25) is 4.99 Å². The van der Waals surface area contributed by atoms with E-state index in [1.807, 2.05) is 7.05 Å². The van der Waals surface area contributed by atoms with Crippen LogP contribution in [0.2, 0.25) is 0 Å². The zero-order chi connectivity index (χ0) is 17.6. The van der Waals surface area contributed by atoms with Crippen LogP contribution < -0.4 is 16.0 Å². The third kappa shape index (κ3) is 5.27. The summed E-state index contributed by atoms with van der Waals surface area (Å²) in [5, 5.41) is 11.5. The monoisotopic (exact) mass is 329 g/mol. The zero-order valence-electron chi connectivity index (χ0n) is 15.6. The maximum Gasteiger partial charge on any atom is 0.191 e. The largest absolute Gasteiger partial charge is 0.361 e. The molecule has 0 saturated carbocycles. The van der Waals surface area contributed by atoms with Crippen molar-refractivity contribution in [2.75, 3.05) is 26.7 Å². The van der Waals surface area contributed by atoms with Crippen LogP contribution in [0.3, 0.4) is 0 Å². The minimum atomic E-state index is 0.145. The van der Waals surface area contributed by atoms with E-state index in [0.717, 1.165) is 32.0 Å². The van der Waals surface area contributed by atoms with Crippen molar-refractivity contribution in [3.8, 4) is 0 Å². The van der Waals surface area contributed by atoms with Crippen molar-refractivity contribution >= 4 is 16.9 Å². The van der Waals surface area contributed by atoms with Gasteiger partial charge in [0, 0.05) is 49.3 Å². The van der Waals surface area contributed by atoms with E-state index in [0.29, 0.717) is 0 Å². The molecule has 1 aromatic carbocycles. The first kappa shape index (κ1) is 18.3. The lowest BCUT2D eigenvalue weighted by Crippen LogP contribution is -2.44. The van der Waals surface area contributed by atoms with Gasteiger partial charge in [-0.1, -0.05) is 18.2 Å². The molecule has 0 saturated heterocycles. The first-order chi connectivity index (χ1) is 11.4. The molecule has 0 atom stereocenters. The number of para-hydroxylation sites is 1. The average Bonchev–Trinajstić information content (AvgIpc) is 2.93. The van der Waals surface area contributed by atoms with Gasteiger partial charge in [0.1, 0.15) is 0 Å². The second-order valence-corrected chi connectivity index (χ2v) is 7.16. The molecule has 0 radical (unpaired) electrons. The molecule has 0 spiro atoms. The fourth-order valence-electron chi connectivity index (χ4n) is 2.73. The number of H-pyrrole nitrogens is 1. The zero-order valence-corrected chi connectivity index (χ0v) is 15.6. The molecule has 132 valence electrons. The molecule has 0 unspecified atom stereocenters. The van der Waals surface area contributed by atoms with E-state index in [1.54, 1.807) is 0 Å². The van der Waals surface area contributed by atoms with E-state index in [-0.39, 0.29) is 5.54 Å². The average molecular weight is 329 g/mol. The van der Waals surface area contributed by atoms with Gasteiger partial charge in [0.25, 0.3) is 0 Å². The maximum absolute atomic E-state index is 4.28. The Morgan fingerprint density at radius 3 is 2.58 bits per heavy atom. The number of nitrogens with zero attached hydrogens (tertiary/aromatic N) is 1. The molecular weight excluding hydrogens is 298 g/mol. The van der Waals surface area contributed by atoms with Crippen LogP contribution in [-0.4, -0.2) is 43.2 Å². The van der Waals surface area contributed by atoms with Crippen LogP contribution in [0.4, 0.5) is 0 Å². The number of hydrogen-bond donors (Lipinski definition) is 4. The lowest BCUT2D eigenvalue weighted by molar-refractivity contribution is 0.428. The standard InChI is InChI=1S/C19H31N5/c1-14-7-6-8-16-15(13-23-17(14)16)9-10-21-18(20-5)22-11-12-24-19(2,3)4/h6-8,13,23-24H,9-12H2,1-5H3,(H2,20,21,22). The quantitative estimate of drug-likeness (QED) is 0.374. The van der Waals surface area contributed by atoms with Gasteiger partial charge < -0.3 is 20.9 Å². The molecule has 24 heavy (non-hydrogen) atoms. The number of aromatic nitrogens is 1. The molecule has 0 aliphatic heterocycles. The molecule has 2 aromatic rings. The van der Waals surface area contributed by atoms with Gasteiger partial charge in [0.05, 0.1) is 0 Å². The smallest absolute Gasteiger partial charge is 0.191 e. The van der Waals surface area contributed by atoms with Gasteiger partial charge in [-0.05, 0) is 45.2 Å². The number of guanidine groups is 1. The Kier molecular flexibility index (Phi) is 6.26. The van der Waals surface area contributed by atoms with Gasteiger partial charge >= 0.3 is 0 Å². The fraction of sp³-hybridized carbons (Fsp3) is 0.526. The van der Waals surface area contributed by atoms with Crippen LogP contribution in [-0.2, 0) is 6.42 Å². The fourth-order valence-corrected chi connectivity index (χ4v) is 2.73. The van der Waals surface area contributed by atoms with E-state index >= 15 is 0 Å². The van der Waals surface area contributed by atoms with Crippen molar-refractivity contribution in [1.29, 1.82) is 0 Å². The summed E-state index contributed by atoms with van der Waals surface area (Å²) in [5.74, 6) is 0.849. The van der Waals surface area contributed by atoms with E-state index in [9.17, 15) is 0 Å². The minimum Gasteiger partial charge on any atom is -0.361 e. The summed E-state index contributed by atoms with van der Waals surface area (Å²) in [7, 11) is 1.81. The number of hydrogen-bond acceptors (Lipinski definition) is 2. The van der Waals surface area contributed by atoms with Crippen LogP contribution in [0.25, 0.3) is 10.9 Å². The number of aryl methyl sites for hydroxylation is 1. The molecule has 2 rings (SSSR count). The van der Waals surface area contributed by atoms with Crippen molar-refractivity contribution < 1.29 is 0 Å². The number of aromatic amines is 1. The molecule has 5 heteroatoms. The van der Waals surface area contributed by atoms with Crippen molar-refractivity contribution in [3.63, 3.8) is 0 Å². The molecule has 0 aliphatic carbocycles.